The van der Waals surface area contributed by atoms with Crippen LogP contribution in [-0.2, 0) is 4.79 Å². The van der Waals surface area contributed by atoms with Crippen LogP contribution in [0.25, 0.3) is 0 Å². The quantitative estimate of drug-likeness (QED) is 0.892. The molecule has 1 amide bonds. The predicted molar refractivity (Wildman–Crippen MR) is 63.0 cm³/mol. The fraction of sp³-hybridized carbons (Fsp3) is 0.385. The van der Waals surface area contributed by atoms with Crippen LogP contribution in [0.4, 0.5) is 4.39 Å². The summed E-state index contributed by atoms with van der Waals surface area (Å²) in [5.41, 5.74) is 0.628. The molecule has 1 heterocycles. The number of carboxylic acids is 1. The fourth-order valence-electron chi connectivity index (χ4n) is 2.50. The number of likely N-dealkylation sites (tertiary alicyclic amines) is 1. The second-order valence-corrected chi connectivity index (χ2v) is 4.46. The molecule has 0 aliphatic carbocycles. The van der Waals surface area contributed by atoms with Gasteiger partial charge in [-0.2, -0.15) is 0 Å². The summed E-state index contributed by atoms with van der Waals surface area (Å²) >= 11 is 0. The van der Waals surface area contributed by atoms with Gasteiger partial charge in [0.2, 0.25) is 5.91 Å². The Morgan fingerprint density at radius 1 is 1.50 bits per heavy atom. The number of hydrogen-bond donors (Lipinski definition) is 1. The van der Waals surface area contributed by atoms with Crippen molar-refractivity contribution in [3.05, 3.63) is 35.4 Å². The molecule has 0 aromatic heterocycles. The van der Waals surface area contributed by atoms with Gasteiger partial charge in [0.05, 0.1) is 18.3 Å². The number of alkyl halides is 1. The number of aromatic carboxylic acids is 1. The van der Waals surface area contributed by atoms with E-state index in [-0.39, 0.29) is 17.9 Å². The Morgan fingerprint density at radius 2 is 2.17 bits per heavy atom. The van der Waals surface area contributed by atoms with Crippen LogP contribution in [0.1, 0.15) is 28.4 Å². The molecule has 1 aromatic rings. The lowest BCUT2D eigenvalue weighted by atomic mass is 9.91. The molecule has 0 spiro atoms. The van der Waals surface area contributed by atoms with Gasteiger partial charge in [-0.1, -0.05) is 18.2 Å². The van der Waals surface area contributed by atoms with Gasteiger partial charge in [0.25, 0.3) is 0 Å². The van der Waals surface area contributed by atoms with Crippen LogP contribution >= 0.6 is 0 Å². The highest BCUT2D eigenvalue weighted by Gasteiger charge is 2.39. The normalized spacial score (nSPS) is 23.4. The number of carbonyl (C=O) groups excluding carboxylic acids is 1. The van der Waals surface area contributed by atoms with Gasteiger partial charge in [-0.3, -0.25) is 9.18 Å². The molecule has 1 aliphatic heterocycles. The van der Waals surface area contributed by atoms with Crippen molar-refractivity contribution in [3.63, 3.8) is 0 Å². The third-order valence-corrected chi connectivity index (χ3v) is 3.40. The Balaban J connectivity index is 2.47. The Morgan fingerprint density at radius 3 is 2.78 bits per heavy atom. The lowest BCUT2D eigenvalue weighted by molar-refractivity contribution is -0.127. The zero-order chi connectivity index (χ0) is 13.3. The van der Waals surface area contributed by atoms with E-state index in [1.165, 1.54) is 11.0 Å². The topological polar surface area (TPSA) is 57.6 Å². The van der Waals surface area contributed by atoms with Crippen LogP contribution in [0.15, 0.2) is 24.3 Å². The van der Waals surface area contributed by atoms with E-state index in [4.69, 9.17) is 5.11 Å². The minimum atomic E-state index is -1.06. The van der Waals surface area contributed by atoms with E-state index >= 15 is 0 Å². The summed E-state index contributed by atoms with van der Waals surface area (Å²) in [6.45, 7) is -0.630. The Kier molecular flexibility index (Phi) is 3.32. The van der Waals surface area contributed by atoms with Crippen LogP contribution in [0.5, 0.6) is 0 Å². The van der Waals surface area contributed by atoms with Gasteiger partial charge < -0.3 is 10.0 Å². The van der Waals surface area contributed by atoms with Crippen LogP contribution < -0.4 is 0 Å². The first-order valence-corrected chi connectivity index (χ1v) is 5.70. The number of carboxylic acid groups (broad SMARTS) is 1. The second kappa shape index (κ2) is 4.76. The van der Waals surface area contributed by atoms with Crippen LogP contribution in [0, 0.1) is 5.92 Å². The van der Waals surface area contributed by atoms with E-state index in [0.717, 1.165) is 0 Å². The van der Waals surface area contributed by atoms with Gasteiger partial charge in [-0.05, 0) is 11.6 Å². The molecule has 18 heavy (non-hydrogen) atoms. The minimum Gasteiger partial charge on any atom is -0.478 e. The van der Waals surface area contributed by atoms with Crippen molar-refractivity contribution in [2.75, 3.05) is 13.7 Å². The summed E-state index contributed by atoms with van der Waals surface area (Å²) in [7, 11) is 1.58. The van der Waals surface area contributed by atoms with Crippen molar-refractivity contribution in [2.24, 2.45) is 5.92 Å². The largest absolute Gasteiger partial charge is 0.478 e. The van der Waals surface area contributed by atoms with E-state index in [2.05, 4.69) is 0 Å². The molecule has 1 aliphatic rings. The molecule has 0 radical (unpaired) electrons. The zero-order valence-corrected chi connectivity index (χ0v) is 9.97. The highest BCUT2D eigenvalue weighted by atomic mass is 19.1. The third-order valence-electron chi connectivity index (χ3n) is 3.40. The van der Waals surface area contributed by atoms with Gasteiger partial charge in [0.15, 0.2) is 0 Å². The first-order chi connectivity index (χ1) is 8.56. The molecule has 0 bridgehead atoms. The molecule has 0 saturated carbocycles. The molecule has 4 nitrogen and oxygen atoms in total. The molecule has 1 saturated heterocycles. The predicted octanol–water partition coefficient (Wildman–Crippen LogP) is 1.87. The van der Waals surface area contributed by atoms with Crippen LogP contribution in [0.3, 0.4) is 0 Å². The number of nitrogens with zero attached hydrogens (tertiary/aromatic N) is 1. The maximum Gasteiger partial charge on any atom is 0.336 e. The first-order valence-electron chi connectivity index (χ1n) is 5.70. The SMILES string of the molecule is CN1C(=O)CC(CF)C1c1ccccc1C(=O)O. The van der Waals surface area contributed by atoms with Gasteiger partial charge >= 0.3 is 5.97 Å². The standard InChI is InChI=1S/C13H14FNO3/c1-15-11(16)6-8(7-14)12(15)9-4-2-3-5-10(9)13(17)18/h2-5,8,12H,6-7H2,1H3,(H,17,18). The van der Waals surface area contributed by atoms with Gasteiger partial charge in [-0.15, -0.1) is 0 Å². The zero-order valence-electron chi connectivity index (χ0n) is 9.97. The molecule has 1 N–H and O–H groups in total. The van der Waals surface area contributed by atoms with E-state index in [0.29, 0.717) is 5.56 Å². The van der Waals surface area contributed by atoms with E-state index in [1.54, 1.807) is 25.2 Å². The molecule has 2 rings (SSSR count). The van der Waals surface area contributed by atoms with Gasteiger partial charge in [0, 0.05) is 19.4 Å². The molecule has 96 valence electrons. The van der Waals surface area contributed by atoms with Gasteiger partial charge in [0.1, 0.15) is 0 Å². The molecule has 2 unspecified atom stereocenters. The van der Waals surface area contributed by atoms with Crippen molar-refractivity contribution >= 4 is 11.9 Å². The molecule has 2 atom stereocenters. The monoisotopic (exact) mass is 251 g/mol. The van der Waals surface area contributed by atoms with Gasteiger partial charge in [-0.25, -0.2) is 4.79 Å². The number of carbonyl (C=O) groups is 2. The average Bonchev–Trinajstić information content (AvgIpc) is 2.65. The smallest absolute Gasteiger partial charge is 0.336 e. The molecule has 5 heteroatoms. The maximum absolute atomic E-state index is 13.0. The number of halogens is 1. The lowest BCUT2D eigenvalue weighted by Gasteiger charge is -2.25. The summed E-state index contributed by atoms with van der Waals surface area (Å²) in [6, 6.07) is 5.95. The van der Waals surface area contributed by atoms with Crippen molar-refractivity contribution in [2.45, 2.75) is 12.5 Å². The number of amides is 1. The Bertz CT molecular complexity index is 489. The molecule has 1 fully saturated rings. The van der Waals surface area contributed by atoms with E-state index < -0.39 is 24.6 Å². The molecule has 1 aromatic carbocycles. The Hall–Kier alpha value is -1.91. The van der Waals surface area contributed by atoms with E-state index in [9.17, 15) is 14.0 Å². The molecular weight excluding hydrogens is 237 g/mol. The number of benzene rings is 1. The number of rotatable bonds is 3. The highest BCUT2D eigenvalue weighted by Crippen LogP contribution is 2.38. The Labute approximate surface area is 104 Å². The summed E-state index contributed by atoms with van der Waals surface area (Å²) in [5, 5.41) is 9.14. The van der Waals surface area contributed by atoms with Crippen molar-refractivity contribution in [3.8, 4) is 0 Å². The second-order valence-electron chi connectivity index (χ2n) is 4.46. The van der Waals surface area contributed by atoms with Crippen molar-refractivity contribution in [1.29, 1.82) is 0 Å². The van der Waals surface area contributed by atoms with E-state index in [1.807, 2.05) is 0 Å². The fourth-order valence-corrected chi connectivity index (χ4v) is 2.50. The average molecular weight is 251 g/mol. The van der Waals surface area contributed by atoms with Crippen LogP contribution in [-0.4, -0.2) is 35.6 Å². The summed E-state index contributed by atoms with van der Waals surface area (Å²) in [5.74, 6) is -1.68. The van der Waals surface area contributed by atoms with Crippen LogP contribution in [0.2, 0.25) is 0 Å². The lowest BCUT2D eigenvalue weighted by Crippen LogP contribution is -2.26. The summed E-state index contributed by atoms with van der Waals surface area (Å²) in [6.07, 6.45) is 0.131. The number of hydrogen-bond acceptors (Lipinski definition) is 2. The third kappa shape index (κ3) is 1.96. The van der Waals surface area contributed by atoms with Crippen molar-refractivity contribution in [1.82, 2.24) is 4.90 Å². The van der Waals surface area contributed by atoms with Crippen molar-refractivity contribution < 1.29 is 19.1 Å². The maximum atomic E-state index is 13.0. The summed E-state index contributed by atoms with van der Waals surface area (Å²) < 4.78 is 13.0. The first kappa shape index (κ1) is 12.5. The summed E-state index contributed by atoms with van der Waals surface area (Å²) in [4.78, 5) is 24.2. The minimum absolute atomic E-state index is 0.127. The highest BCUT2D eigenvalue weighted by molar-refractivity contribution is 5.90. The molecular formula is C13H14FNO3.